The van der Waals surface area contributed by atoms with Crippen molar-refractivity contribution in [3.63, 3.8) is 0 Å². The van der Waals surface area contributed by atoms with E-state index in [0.29, 0.717) is 5.92 Å². The third-order valence-corrected chi connectivity index (χ3v) is 4.37. The number of rotatable bonds is 2. The lowest BCUT2D eigenvalue weighted by Gasteiger charge is -2.26. The Morgan fingerprint density at radius 1 is 0.800 bits per heavy atom. The SMILES string of the molecule is C[C@H]1CCCCC1=C(c1ccccc1)c1ccccc1. The second kappa shape index (κ2) is 6.09. The fourth-order valence-electron chi connectivity index (χ4n) is 3.31. The molecular formula is C20H22. The molecule has 0 aromatic heterocycles. The smallest absolute Gasteiger partial charge is 0.0117 e. The van der Waals surface area contributed by atoms with E-state index in [2.05, 4.69) is 67.6 Å². The number of allylic oxidation sites excluding steroid dienone is 1. The van der Waals surface area contributed by atoms with Gasteiger partial charge in [0.1, 0.15) is 0 Å². The fraction of sp³-hybridized carbons (Fsp3) is 0.300. The Hall–Kier alpha value is -1.82. The highest BCUT2D eigenvalue weighted by molar-refractivity contribution is 5.82. The quantitative estimate of drug-likeness (QED) is 0.651. The molecule has 0 heterocycles. The van der Waals surface area contributed by atoms with Gasteiger partial charge in [0.25, 0.3) is 0 Å². The first kappa shape index (κ1) is 13.2. The second-order valence-corrected chi connectivity index (χ2v) is 5.78. The summed E-state index contributed by atoms with van der Waals surface area (Å²) in [4.78, 5) is 0. The fourth-order valence-corrected chi connectivity index (χ4v) is 3.31. The van der Waals surface area contributed by atoms with E-state index in [1.54, 1.807) is 5.57 Å². The van der Waals surface area contributed by atoms with Gasteiger partial charge in [0.05, 0.1) is 0 Å². The number of benzene rings is 2. The van der Waals surface area contributed by atoms with Crippen LogP contribution in [0.25, 0.3) is 5.57 Å². The summed E-state index contributed by atoms with van der Waals surface area (Å²) in [6, 6.07) is 21.8. The van der Waals surface area contributed by atoms with Gasteiger partial charge < -0.3 is 0 Å². The Morgan fingerprint density at radius 2 is 1.35 bits per heavy atom. The lowest BCUT2D eigenvalue weighted by Crippen LogP contribution is -2.09. The van der Waals surface area contributed by atoms with Crippen molar-refractivity contribution >= 4 is 5.57 Å². The van der Waals surface area contributed by atoms with Crippen LogP contribution in [0.1, 0.15) is 43.7 Å². The first-order chi connectivity index (χ1) is 9.86. The standard InChI is InChI=1S/C20H22/c1-16-10-8-9-15-19(16)20(17-11-4-2-5-12-17)18-13-6-3-7-14-18/h2-7,11-14,16H,8-10,15H2,1H3/t16-/m0/s1. The summed E-state index contributed by atoms with van der Waals surface area (Å²) in [5.41, 5.74) is 5.84. The largest absolute Gasteiger partial charge is 0.0622 e. The summed E-state index contributed by atoms with van der Waals surface area (Å²) >= 11 is 0. The third-order valence-electron chi connectivity index (χ3n) is 4.37. The Bertz CT molecular complexity index is 536. The summed E-state index contributed by atoms with van der Waals surface area (Å²) in [6.45, 7) is 2.39. The maximum Gasteiger partial charge on any atom is -0.0117 e. The molecule has 2 aromatic rings. The molecule has 1 aliphatic carbocycles. The van der Waals surface area contributed by atoms with Crippen LogP contribution in [0.5, 0.6) is 0 Å². The Balaban J connectivity index is 2.16. The molecule has 1 atom stereocenters. The van der Waals surface area contributed by atoms with Gasteiger partial charge in [0, 0.05) is 0 Å². The maximum absolute atomic E-state index is 2.39. The van der Waals surface area contributed by atoms with Gasteiger partial charge in [-0.05, 0) is 41.9 Å². The summed E-state index contributed by atoms with van der Waals surface area (Å²) in [7, 11) is 0. The molecule has 0 nitrogen and oxygen atoms in total. The van der Waals surface area contributed by atoms with Gasteiger partial charge in [-0.2, -0.15) is 0 Å². The molecule has 0 N–H and O–H groups in total. The van der Waals surface area contributed by atoms with Gasteiger partial charge in [0.15, 0.2) is 0 Å². The van der Waals surface area contributed by atoms with Crippen molar-refractivity contribution in [1.29, 1.82) is 0 Å². The van der Waals surface area contributed by atoms with Crippen LogP contribution in [-0.4, -0.2) is 0 Å². The Morgan fingerprint density at radius 3 is 1.85 bits per heavy atom. The molecule has 20 heavy (non-hydrogen) atoms. The van der Waals surface area contributed by atoms with E-state index in [1.165, 1.54) is 42.4 Å². The van der Waals surface area contributed by atoms with Crippen molar-refractivity contribution in [1.82, 2.24) is 0 Å². The molecular weight excluding hydrogens is 240 g/mol. The van der Waals surface area contributed by atoms with E-state index >= 15 is 0 Å². The summed E-state index contributed by atoms with van der Waals surface area (Å²) < 4.78 is 0. The van der Waals surface area contributed by atoms with Crippen LogP contribution in [0.15, 0.2) is 66.2 Å². The topological polar surface area (TPSA) is 0 Å². The minimum Gasteiger partial charge on any atom is -0.0622 e. The summed E-state index contributed by atoms with van der Waals surface area (Å²) in [6.07, 6.45) is 5.29. The molecule has 0 radical (unpaired) electrons. The normalized spacial score (nSPS) is 18.9. The molecule has 0 spiro atoms. The third kappa shape index (κ3) is 2.70. The zero-order valence-electron chi connectivity index (χ0n) is 12.2. The molecule has 1 aliphatic rings. The highest BCUT2D eigenvalue weighted by Crippen LogP contribution is 2.38. The van der Waals surface area contributed by atoms with Crippen LogP contribution >= 0.6 is 0 Å². The zero-order chi connectivity index (χ0) is 13.8. The van der Waals surface area contributed by atoms with E-state index in [-0.39, 0.29) is 0 Å². The van der Waals surface area contributed by atoms with Crippen molar-refractivity contribution < 1.29 is 0 Å². The highest BCUT2D eigenvalue weighted by Gasteiger charge is 2.20. The van der Waals surface area contributed by atoms with Gasteiger partial charge in [-0.1, -0.05) is 79.6 Å². The molecule has 1 fully saturated rings. The summed E-state index contributed by atoms with van der Waals surface area (Å²) in [5, 5.41) is 0. The van der Waals surface area contributed by atoms with Gasteiger partial charge in [-0.15, -0.1) is 0 Å². The predicted octanol–water partition coefficient (Wildman–Crippen LogP) is 5.70. The van der Waals surface area contributed by atoms with E-state index in [4.69, 9.17) is 0 Å². The molecule has 0 amide bonds. The molecule has 2 aromatic carbocycles. The van der Waals surface area contributed by atoms with Crippen molar-refractivity contribution in [3.8, 4) is 0 Å². The van der Waals surface area contributed by atoms with E-state index in [9.17, 15) is 0 Å². The van der Waals surface area contributed by atoms with E-state index in [1.807, 2.05) is 0 Å². The predicted molar refractivity (Wildman–Crippen MR) is 86.5 cm³/mol. The summed E-state index contributed by atoms with van der Waals surface area (Å²) in [5.74, 6) is 0.708. The van der Waals surface area contributed by atoms with Crippen molar-refractivity contribution in [2.24, 2.45) is 5.92 Å². The number of hydrogen-bond donors (Lipinski definition) is 0. The molecule has 1 saturated carbocycles. The van der Waals surface area contributed by atoms with Gasteiger partial charge in [-0.25, -0.2) is 0 Å². The van der Waals surface area contributed by atoms with Gasteiger partial charge >= 0.3 is 0 Å². The lowest BCUT2D eigenvalue weighted by molar-refractivity contribution is 0.486. The second-order valence-electron chi connectivity index (χ2n) is 5.78. The first-order valence-electron chi connectivity index (χ1n) is 7.70. The minimum absolute atomic E-state index is 0.708. The van der Waals surface area contributed by atoms with E-state index < -0.39 is 0 Å². The average molecular weight is 262 g/mol. The van der Waals surface area contributed by atoms with Gasteiger partial charge in [-0.3, -0.25) is 0 Å². The lowest BCUT2D eigenvalue weighted by atomic mass is 9.79. The molecule has 0 bridgehead atoms. The van der Waals surface area contributed by atoms with E-state index in [0.717, 1.165) is 0 Å². The van der Waals surface area contributed by atoms with Crippen LogP contribution in [0.2, 0.25) is 0 Å². The molecule has 3 rings (SSSR count). The molecule has 0 saturated heterocycles. The Kier molecular flexibility index (Phi) is 4.01. The Labute approximate surface area is 122 Å². The molecule has 0 aliphatic heterocycles. The van der Waals surface area contributed by atoms with Crippen LogP contribution in [0.3, 0.4) is 0 Å². The van der Waals surface area contributed by atoms with Crippen molar-refractivity contribution in [3.05, 3.63) is 77.4 Å². The van der Waals surface area contributed by atoms with Crippen molar-refractivity contribution in [2.45, 2.75) is 32.6 Å². The van der Waals surface area contributed by atoms with Crippen LogP contribution in [0, 0.1) is 5.92 Å². The van der Waals surface area contributed by atoms with Gasteiger partial charge in [0.2, 0.25) is 0 Å². The van der Waals surface area contributed by atoms with Crippen LogP contribution in [-0.2, 0) is 0 Å². The first-order valence-corrected chi connectivity index (χ1v) is 7.70. The van der Waals surface area contributed by atoms with Crippen LogP contribution < -0.4 is 0 Å². The molecule has 0 unspecified atom stereocenters. The molecule has 0 heteroatoms. The number of hydrogen-bond acceptors (Lipinski definition) is 0. The van der Waals surface area contributed by atoms with Crippen molar-refractivity contribution in [2.75, 3.05) is 0 Å². The van der Waals surface area contributed by atoms with Crippen LogP contribution in [0.4, 0.5) is 0 Å². The average Bonchev–Trinajstić information content (AvgIpc) is 2.52. The molecule has 102 valence electrons. The maximum atomic E-state index is 2.39. The zero-order valence-corrected chi connectivity index (χ0v) is 12.2. The highest BCUT2D eigenvalue weighted by atomic mass is 14.2. The monoisotopic (exact) mass is 262 g/mol. The minimum atomic E-state index is 0.708.